The molecular formula is C18H13N5O4S2. The third-order valence-corrected chi connectivity index (χ3v) is 5.68. The molecule has 2 heterocycles. The van der Waals surface area contributed by atoms with Crippen LogP contribution in [0.1, 0.15) is 5.56 Å². The molecule has 0 saturated carbocycles. The topological polar surface area (TPSA) is 124 Å². The van der Waals surface area contributed by atoms with Gasteiger partial charge in [-0.05, 0) is 30.7 Å². The minimum atomic E-state index is -0.482. The van der Waals surface area contributed by atoms with E-state index in [9.17, 15) is 14.9 Å². The Morgan fingerprint density at radius 3 is 2.76 bits per heavy atom. The first-order valence-corrected chi connectivity index (χ1v) is 10.2. The molecule has 0 saturated heterocycles. The second-order valence-electron chi connectivity index (χ2n) is 5.95. The van der Waals surface area contributed by atoms with Crippen LogP contribution >= 0.6 is 23.1 Å². The van der Waals surface area contributed by atoms with Crippen LogP contribution in [0.4, 0.5) is 10.8 Å². The molecule has 0 bridgehead atoms. The molecular weight excluding hydrogens is 414 g/mol. The smallest absolute Gasteiger partial charge is 0.277 e. The van der Waals surface area contributed by atoms with E-state index in [0.717, 1.165) is 27.5 Å². The molecule has 0 spiro atoms. The van der Waals surface area contributed by atoms with Gasteiger partial charge in [-0.3, -0.25) is 14.9 Å². The minimum Gasteiger partial charge on any atom is -0.411 e. The Bertz CT molecular complexity index is 1200. The number of aryl methyl sites for hydroxylation is 1. The number of hydrogen-bond acceptors (Lipinski definition) is 9. The summed E-state index contributed by atoms with van der Waals surface area (Å²) in [6.45, 7) is 1.97. The number of para-hydroxylation sites is 1. The number of benzene rings is 2. The third kappa shape index (κ3) is 4.25. The summed E-state index contributed by atoms with van der Waals surface area (Å²) in [5.74, 6) is 0.0721. The van der Waals surface area contributed by atoms with Crippen LogP contribution in [-0.4, -0.2) is 31.8 Å². The van der Waals surface area contributed by atoms with Crippen molar-refractivity contribution in [2.45, 2.75) is 12.1 Å². The number of nitro groups is 1. The number of rotatable bonds is 6. The van der Waals surface area contributed by atoms with Crippen molar-refractivity contribution < 1.29 is 14.1 Å². The molecule has 0 radical (unpaired) electrons. The highest BCUT2D eigenvalue weighted by Gasteiger charge is 2.14. The summed E-state index contributed by atoms with van der Waals surface area (Å²) in [5.41, 5.74) is 2.47. The van der Waals surface area contributed by atoms with Crippen molar-refractivity contribution in [3.8, 4) is 11.5 Å². The fraction of sp³-hybridized carbons (Fsp3) is 0.111. The Morgan fingerprint density at radius 2 is 2.03 bits per heavy atom. The van der Waals surface area contributed by atoms with Gasteiger partial charge in [0, 0.05) is 17.7 Å². The predicted molar refractivity (Wildman–Crippen MR) is 110 cm³/mol. The summed E-state index contributed by atoms with van der Waals surface area (Å²) in [6, 6.07) is 11.7. The molecule has 0 atom stereocenters. The van der Waals surface area contributed by atoms with E-state index < -0.39 is 4.92 Å². The van der Waals surface area contributed by atoms with E-state index in [1.165, 1.54) is 35.6 Å². The van der Waals surface area contributed by atoms with E-state index in [0.29, 0.717) is 10.7 Å². The molecule has 29 heavy (non-hydrogen) atoms. The Labute approximate surface area is 172 Å². The maximum Gasteiger partial charge on any atom is 0.277 e. The summed E-state index contributed by atoms with van der Waals surface area (Å²) in [5, 5.41) is 22.1. The van der Waals surface area contributed by atoms with Crippen LogP contribution in [0.5, 0.6) is 0 Å². The lowest BCUT2D eigenvalue weighted by Crippen LogP contribution is -2.13. The van der Waals surface area contributed by atoms with Crippen molar-refractivity contribution >= 4 is 50.0 Å². The average molecular weight is 427 g/mol. The first kappa shape index (κ1) is 19.0. The normalized spacial score (nSPS) is 10.9. The highest BCUT2D eigenvalue weighted by atomic mass is 32.2. The summed E-state index contributed by atoms with van der Waals surface area (Å²) in [6.07, 6.45) is 0. The van der Waals surface area contributed by atoms with Crippen LogP contribution in [0.15, 0.2) is 52.1 Å². The van der Waals surface area contributed by atoms with Crippen LogP contribution in [0.25, 0.3) is 21.7 Å². The van der Waals surface area contributed by atoms with Gasteiger partial charge in [0.1, 0.15) is 0 Å². The average Bonchev–Trinajstić information content (AvgIpc) is 3.34. The van der Waals surface area contributed by atoms with E-state index in [1.807, 2.05) is 25.1 Å². The largest absolute Gasteiger partial charge is 0.411 e. The highest BCUT2D eigenvalue weighted by molar-refractivity contribution is 7.99. The van der Waals surface area contributed by atoms with E-state index in [4.69, 9.17) is 4.42 Å². The molecule has 0 aliphatic rings. The van der Waals surface area contributed by atoms with Gasteiger partial charge in [0.25, 0.3) is 10.9 Å². The van der Waals surface area contributed by atoms with E-state index in [-0.39, 0.29) is 28.5 Å². The zero-order chi connectivity index (χ0) is 20.4. The number of thioether (sulfide) groups is 1. The summed E-state index contributed by atoms with van der Waals surface area (Å²) in [4.78, 5) is 26.9. The number of aromatic nitrogens is 3. The van der Waals surface area contributed by atoms with Crippen molar-refractivity contribution in [1.29, 1.82) is 0 Å². The number of carbonyl (C=O) groups is 1. The molecule has 4 aromatic rings. The predicted octanol–water partition coefficient (Wildman–Crippen LogP) is 4.29. The number of nitrogens with zero attached hydrogens (tertiary/aromatic N) is 4. The number of nitro benzene ring substituents is 1. The number of anilines is 1. The van der Waals surface area contributed by atoms with Gasteiger partial charge < -0.3 is 9.73 Å². The van der Waals surface area contributed by atoms with Gasteiger partial charge in [-0.25, -0.2) is 4.98 Å². The van der Waals surface area contributed by atoms with Gasteiger partial charge in [0.05, 0.1) is 20.9 Å². The molecule has 0 unspecified atom stereocenters. The first-order chi connectivity index (χ1) is 14.0. The lowest BCUT2D eigenvalue weighted by atomic mass is 10.2. The number of fused-ring (bicyclic) bond motifs is 1. The van der Waals surface area contributed by atoms with Crippen LogP contribution in [0.3, 0.4) is 0 Å². The van der Waals surface area contributed by atoms with E-state index in [1.54, 1.807) is 0 Å². The second-order valence-corrected chi connectivity index (χ2v) is 7.91. The molecule has 2 aromatic heterocycles. The first-order valence-electron chi connectivity index (χ1n) is 8.37. The minimum absolute atomic E-state index is 0.0235. The van der Waals surface area contributed by atoms with Crippen LogP contribution in [-0.2, 0) is 4.79 Å². The molecule has 0 aliphatic heterocycles. The zero-order valence-electron chi connectivity index (χ0n) is 15.0. The van der Waals surface area contributed by atoms with E-state index in [2.05, 4.69) is 20.5 Å². The molecule has 11 heteroatoms. The van der Waals surface area contributed by atoms with Crippen LogP contribution < -0.4 is 5.32 Å². The van der Waals surface area contributed by atoms with Crippen LogP contribution in [0.2, 0.25) is 0 Å². The van der Waals surface area contributed by atoms with Gasteiger partial charge in [-0.15, -0.1) is 10.2 Å². The lowest BCUT2D eigenvalue weighted by molar-refractivity contribution is -0.384. The number of non-ortho nitro benzene ring substituents is 1. The standard InChI is InChI=1S/C18H13N5O4S2/c1-10-3-2-4-13-15(10)20-17(29-13)19-14(24)9-28-18-22-21-16(27-18)11-5-7-12(8-6-11)23(25)26/h2-8H,9H2,1H3,(H,19,20,24). The maximum atomic E-state index is 12.2. The maximum absolute atomic E-state index is 12.2. The summed E-state index contributed by atoms with van der Waals surface area (Å²) in [7, 11) is 0. The fourth-order valence-electron chi connectivity index (χ4n) is 2.53. The molecule has 1 N–H and O–H groups in total. The number of amides is 1. The van der Waals surface area contributed by atoms with Crippen molar-refractivity contribution in [1.82, 2.24) is 15.2 Å². The van der Waals surface area contributed by atoms with E-state index >= 15 is 0 Å². The third-order valence-electron chi connectivity index (χ3n) is 3.93. The molecule has 2 aromatic carbocycles. The fourth-order valence-corrected chi connectivity index (χ4v) is 4.06. The zero-order valence-corrected chi connectivity index (χ0v) is 16.6. The van der Waals surface area contributed by atoms with Gasteiger partial charge >= 0.3 is 0 Å². The molecule has 1 amide bonds. The van der Waals surface area contributed by atoms with Gasteiger partial charge in [-0.1, -0.05) is 35.2 Å². The second kappa shape index (κ2) is 7.97. The Hall–Kier alpha value is -3.31. The molecule has 4 rings (SSSR count). The van der Waals surface area contributed by atoms with Gasteiger partial charge in [0.2, 0.25) is 11.8 Å². The molecule has 0 aliphatic carbocycles. The SMILES string of the molecule is Cc1cccc2sc(NC(=O)CSc3nnc(-c4ccc([N+](=O)[O-])cc4)o3)nc12. The number of nitrogens with one attached hydrogen (secondary N) is 1. The number of carbonyl (C=O) groups excluding carboxylic acids is 1. The highest BCUT2D eigenvalue weighted by Crippen LogP contribution is 2.28. The lowest BCUT2D eigenvalue weighted by Gasteiger charge is -1.98. The molecule has 9 nitrogen and oxygen atoms in total. The number of hydrogen-bond donors (Lipinski definition) is 1. The Kier molecular flexibility index (Phi) is 5.23. The quantitative estimate of drug-likeness (QED) is 0.274. The summed E-state index contributed by atoms with van der Waals surface area (Å²) < 4.78 is 6.52. The summed E-state index contributed by atoms with van der Waals surface area (Å²) >= 11 is 2.51. The number of thiazole rings is 1. The van der Waals surface area contributed by atoms with Gasteiger partial charge in [-0.2, -0.15) is 0 Å². The Morgan fingerprint density at radius 1 is 1.24 bits per heavy atom. The Balaban J connectivity index is 1.37. The van der Waals surface area contributed by atoms with Gasteiger partial charge in [0.15, 0.2) is 5.13 Å². The van der Waals surface area contributed by atoms with Crippen molar-refractivity contribution in [2.24, 2.45) is 0 Å². The van der Waals surface area contributed by atoms with Crippen molar-refractivity contribution in [3.63, 3.8) is 0 Å². The van der Waals surface area contributed by atoms with Crippen molar-refractivity contribution in [2.75, 3.05) is 11.1 Å². The van der Waals surface area contributed by atoms with Crippen LogP contribution in [0, 0.1) is 17.0 Å². The molecule has 0 fully saturated rings. The molecule has 146 valence electrons. The van der Waals surface area contributed by atoms with Crippen molar-refractivity contribution in [3.05, 3.63) is 58.1 Å². The monoisotopic (exact) mass is 427 g/mol.